The second-order valence-corrected chi connectivity index (χ2v) is 6.83. The monoisotopic (exact) mass is 393 g/mol. The molecule has 0 saturated heterocycles. The van der Waals surface area contributed by atoms with Crippen LogP contribution in [0.25, 0.3) is 16.9 Å². The van der Waals surface area contributed by atoms with Gasteiger partial charge in [-0.15, -0.1) is 0 Å². The van der Waals surface area contributed by atoms with E-state index in [1.165, 1.54) is 12.1 Å². The van der Waals surface area contributed by atoms with Gasteiger partial charge >= 0.3 is 0 Å². The Bertz CT molecular complexity index is 1120. The lowest BCUT2D eigenvalue weighted by Gasteiger charge is -2.07. The van der Waals surface area contributed by atoms with E-state index in [4.69, 9.17) is 16.6 Å². The number of imidazole rings is 1. The summed E-state index contributed by atoms with van der Waals surface area (Å²) in [5.74, 6) is -0.476. The molecule has 0 fully saturated rings. The number of aromatic nitrogens is 2. The first-order valence-electron chi connectivity index (χ1n) is 8.87. The molecule has 6 heteroatoms. The van der Waals surface area contributed by atoms with Gasteiger partial charge in [-0.05, 0) is 55.0 Å². The molecule has 0 unspecified atom stereocenters. The second-order valence-electron chi connectivity index (χ2n) is 6.40. The highest BCUT2D eigenvalue weighted by Crippen LogP contribution is 2.27. The molecule has 0 aliphatic rings. The summed E-state index contributed by atoms with van der Waals surface area (Å²) in [6.45, 7) is 0. The average molecular weight is 394 g/mol. The van der Waals surface area contributed by atoms with Crippen molar-refractivity contribution in [3.8, 4) is 11.3 Å². The largest absolute Gasteiger partial charge is 0.326 e. The van der Waals surface area contributed by atoms with Crippen molar-refractivity contribution in [3.63, 3.8) is 0 Å². The SMILES string of the molecule is O=C(CCc1c(-c2ccc(Cl)cc2)nc2ccccn12)Nc1ccc(F)cc1. The third-order valence-corrected chi connectivity index (χ3v) is 4.72. The van der Waals surface area contributed by atoms with Crippen molar-refractivity contribution in [1.29, 1.82) is 0 Å². The average Bonchev–Trinajstić information content (AvgIpc) is 3.07. The minimum Gasteiger partial charge on any atom is -0.326 e. The molecule has 1 N–H and O–H groups in total. The molecule has 140 valence electrons. The van der Waals surface area contributed by atoms with E-state index in [0.29, 0.717) is 17.1 Å². The number of carbonyl (C=O) groups excluding carboxylic acids is 1. The lowest BCUT2D eigenvalue weighted by Crippen LogP contribution is -2.13. The molecule has 2 heterocycles. The number of hydrogen-bond acceptors (Lipinski definition) is 2. The topological polar surface area (TPSA) is 46.4 Å². The third kappa shape index (κ3) is 3.89. The van der Waals surface area contributed by atoms with Crippen molar-refractivity contribution in [3.05, 3.63) is 89.5 Å². The van der Waals surface area contributed by atoms with E-state index in [1.54, 1.807) is 12.1 Å². The number of fused-ring (bicyclic) bond motifs is 1. The summed E-state index contributed by atoms with van der Waals surface area (Å²) >= 11 is 6.01. The van der Waals surface area contributed by atoms with Gasteiger partial charge in [0.1, 0.15) is 11.5 Å². The Morgan fingerprint density at radius 1 is 1.04 bits per heavy atom. The highest BCUT2D eigenvalue weighted by atomic mass is 35.5. The van der Waals surface area contributed by atoms with Crippen LogP contribution >= 0.6 is 11.6 Å². The smallest absolute Gasteiger partial charge is 0.224 e. The third-order valence-electron chi connectivity index (χ3n) is 4.46. The van der Waals surface area contributed by atoms with E-state index in [0.717, 1.165) is 22.6 Å². The van der Waals surface area contributed by atoms with Gasteiger partial charge in [0.05, 0.1) is 11.4 Å². The van der Waals surface area contributed by atoms with Gasteiger partial charge in [-0.1, -0.05) is 29.8 Å². The summed E-state index contributed by atoms with van der Waals surface area (Å²) in [6, 6.07) is 19.0. The molecule has 4 rings (SSSR count). The normalized spacial score (nSPS) is 10.9. The summed E-state index contributed by atoms with van der Waals surface area (Å²) in [7, 11) is 0. The zero-order valence-corrected chi connectivity index (χ0v) is 15.7. The van der Waals surface area contributed by atoms with E-state index in [2.05, 4.69) is 5.32 Å². The zero-order chi connectivity index (χ0) is 19.5. The Morgan fingerprint density at radius 2 is 1.79 bits per heavy atom. The Balaban J connectivity index is 1.58. The molecular formula is C22H17ClFN3O. The molecule has 2 aromatic carbocycles. The van der Waals surface area contributed by atoms with Gasteiger partial charge in [-0.3, -0.25) is 4.79 Å². The molecule has 0 spiro atoms. The maximum absolute atomic E-state index is 13.0. The van der Waals surface area contributed by atoms with Gasteiger partial charge in [0.2, 0.25) is 5.91 Å². The van der Waals surface area contributed by atoms with Crippen LogP contribution in [-0.2, 0) is 11.2 Å². The number of pyridine rings is 1. The molecule has 0 saturated carbocycles. The summed E-state index contributed by atoms with van der Waals surface area (Å²) < 4.78 is 15.0. The van der Waals surface area contributed by atoms with Crippen LogP contribution in [0.15, 0.2) is 72.9 Å². The van der Waals surface area contributed by atoms with Crippen molar-refractivity contribution >= 4 is 28.8 Å². The molecule has 0 aliphatic carbocycles. The predicted octanol–water partition coefficient (Wildman–Crippen LogP) is 5.37. The van der Waals surface area contributed by atoms with Gasteiger partial charge in [0.15, 0.2) is 0 Å². The van der Waals surface area contributed by atoms with Crippen molar-refractivity contribution in [1.82, 2.24) is 9.38 Å². The van der Waals surface area contributed by atoms with E-state index in [9.17, 15) is 9.18 Å². The zero-order valence-electron chi connectivity index (χ0n) is 14.9. The van der Waals surface area contributed by atoms with Gasteiger partial charge in [-0.2, -0.15) is 0 Å². The predicted molar refractivity (Wildman–Crippen MR) is 109 cm³/mol. The van der Waals surface area contributed by atoms with Crippen LogP contribution in [0.3, 0.4) is 0 Å². The number of rotatable bonds is 5. The Hall–Kier alpha value is -3.18. The van der Waals surface area contributed by atoms with Gasteiger partial charge in [-0.25, -0.2) is 9.37 Å². The van der Waals surface area contributed by atoms with E-state index in [-0.39, 0.29) is 18.1 Å². The molecule has 0 bridgehead atoms. The number of aryl methyl sites for hydroxylation is 1. The Morgan fingerprint density at radius 3 is 2.54 bits per heavy atom. The molecule has 4 nitrogen and oxygen atoms in total. The van der Waals surface area contributed by atoms with Crippen LogP contribution in [0.4, 0.5) is 10.1 Å². The van der Waals surface area contributed by atoms with Crippen LogP contribution in [0.1, 0.15) is 12.1 Å². The van der Waals surface area contributed by atoms with E-state index in [1.807, 2.05) is 53.1 Å². The van der Waals surface area contributed by atoms with Gasteiger partial charge in [0.25, 0.3) is 0 Å². The first kappa shape index (κ1) is 18.2. The van der Waals surface area contributed by atoms with E-state index < -0.39 is 0 Å². The van der Waals surface area contributed by atoms with Gasteiger partial charge < -0.3 is 9.72 Å². The molecule has 4 aromatic rings. The number of hydrogen-bond donors (Lipinski definition) is 1. The number of amides is 1. The number of halogens is 2. The molecule has 1 amide bonds. The Labute approximate surface area is 166 Å². The molecule has 0 aliphatic heterocycles. The van der Waals surface area contributed by atoms with Crippen molar-refractivity contribution in [2.75, 3.05) is 5.32 Å². The van der Waals surface area contributed by atoms with Crippen molar-refractivity contribution in [2.24, 2.45) is 0 Å². The van der Waals surface area contributed by atoms with Gasteiger partial charge in [0, 0.05) is 28.9 Å². The summed E-state index contributed by atoms with van der Waals surface area (Å²) in [6.07, 6.45) is 2.73. The number of carbonyl (C=O) groups is 1. The minimum atomic E-state index is -0.337. The van der Waals surface area contributed by atoms with Crippen molar-refractivity contribution < 1.29 is 9.18 Å². The lowest BCUT2D eigenvalue weighted by atomic mass is 10.1. The molecule has 0 atom stereocenters. The lowest BCUT2D eigenvalue weighted by molar-refractivity contribution is -0.116. The first-order chi connectivity index (χ1) is 13.6. The van der Waals surface area contributed by atoms with Crippen LogP contribution in [-0.4, -0.2) is 15.3 Å². The maximum Gasteiger partial charge on any atom is 0.224 e. The molecule has 2 aromatic heterocycles. The maximum atomic E-state index is 13.0. The Kier molecular flexibility index (Phi) is 5.08. The first-order valence-corrected chi connectivity index (χ1v) is 9.25. The number of anilines is 1. The number of benzene rings is 2. The summed E-state index contributed by atoms with van der Waals surface area (Å²) in [5, 5.41) is 3.45. The quantitative estimate of drug-likeness (QED) is 0.495. The van der Waals surface area contributed by atoms with Crippen LogP contribution < -0.4 is 5.32 Å². The van der Waals surface area contributed by atoms with Crippen LogP contribution in [0.5, 0.6) is 0 Å². The van der Waals surface area contributed by atoms with Crippen LogP contribution in [0.2, 0.25) is 5.02 Å². The fraction of sp³-hybridized carbons (Fsp3) is 0.0909. The number of nitrogens with zero attached hydrogens (tertiary/aromatic N) is 2. The molecule has 28 heavy (non-hydrogen) atoms. The fourth-order valence-electron chi connectivity index (χ4n) is 3.11. The van der Waals surface area contributed by atoms with E-state index >= 15 is 0 Å². The fourth-order valence-corrected chi connectivity index (χ4v) is 3.24. The van der Waals surface area contributed by atoms with Crippen molar-refractivity contribution in [2.45, 2.75) is 12.8 Å². The highest BCUT2D eigenvalue weighted by Gasteiger charge is 2.15. The summed E-state index contributed by atoms with van der Waals surface area (Å²) in [4.78, 5) is 17.1. The molecule has 0 radical (unpaired) electrons. The molecular weight excluding hydrogens is 377 g/mol. The minimum absolute atomic E-state index is 0.139. The summed E-state index contributed by atoms with van der Waals surface area (Å²) in [5.41, 5.74) is 4.12. The second kappa shape index (κ2) is 7.82. The standard InChI is InChI=1S/C22H17ClFN3O/c23-16-6-4-15(5-7-16)22-19(27-14-2-1-3-20(27)26-22)12-13-21(28)25-18-10-8-17(24)9-11-18/h1-11,14H,12-13H2,(H,25,28). The van der Waals surface area contributed by atoms with Crippen LogP contribution in [0, 0.1) is 5.82 Å². The number of nitrogens with one attached hydrogen (secondary N) is 1. The highest BCUT2D eigenvalue weighted by molar-refractivity contribution is 6.30.